The first-order valence-corrected chi connectivity index (χ1v) is 13.0. The molecule has 0 atom stereocenters. The summed E-state index contributed by atoms with van der Waals surface area (Å²) >= 11 is 0. The molecule has 0 aliphatic carbocycles. The molecule has 10 nitrogen and oxygen atoms in total. The van der Waals surface area contributed by atoms with Crippen molar-refractivity contribution >= 4 is 17.1 Å². The van der Waals surface area contributed by atoms with Gasteiger partial charge in [0, 0.05) is 39.8 Å². The van der Waals surface area contributed by atoms with E-state index in [0.717, 1.165) is 42.8 Å². The van der Waals surface area contributed by atoms with Crippen molar-refractivity contribution in [1.29, 1.82) is 0 Å². The van der Waals surface area contributed by atoms with Gasteiger partial charge in [-0.15, -0.1) is 0 Å². The summed E-state index contributed by atoms with van der Waals surface area (Å²) in [6, 6.07) is 6.01. The lowest BCUT2D eigenvalue weighted by molar-refractivity contribution is 0.0139. The van der Waals surface area contributed by atoms with E-state index in [1.807, 2.05) is 45.9 Å². The molecule has 0 bridgehead atoms. The Bertz CT molecular complexity index is 1310. The zero-order chi connectivity index (χ0) is 26.7. The van der Waals surface area contributed by atoms with Gasteiger partial charge in [0.25, 0.3) is 5.56 Å². The fraction of sp³-hybridized carbons (Fsp3) is 0.556. The number of amides is 1. The van der Waals surface area contributed by atoms with Crippen LogP contribution in [-0.4, -0.2) is 74.0 Å². The average Bonchev–Trinajstić information content (AvgIpc) is 3.15. The second-order valence-electron chi connectivity index (χ2n) is 10.4. The molecule has 4 rings (SSSR count). The van der Waals surface area contributed by atoms with Crippen LogP contribution in [0.5, 0.6) is 5.75 Å². The zero-order valence-corrected chi connectivity index (χ0v) is 22.8. The van der Waals surface area contributed by atoms with Crippen LogP contribution in [-0.2, 0) is 24.8 Å². The van der Waals surface area contributed by atoms with E-state index in [9.17, 15) is 9.59 Å². The van der Waals surface area contributed by atoms with Crippen molar-refractivity contribution in [2.75, 3.05) is 32.8 Å². The van der Waals surface area contributed by atoms with Gasteiger partial charge >= 0.3 is 6.09 Å². The number of piperazine rings is 1. The maximum atomic E-state index is 13.0. The number of hydrogen-bond acceptors (Lipinski definition) is 7. The number of nitrogens with one attached hydrogen (secondary N) is 1. The number of H-pyrrole nitrogens is 1. The molecule has 0 saturated carbocycles. The first kappa shape index (κ1) is 26.7. The SMILES string of the molecule is CCCc1nn(C)c2c(=O)[nH]c(-c3cc(CN4CCN(C(=O)OC(C)(C)C)CC4)ccc3OCC)nc12. The molecule has 1 saturated heterocycles. The van der Waals surface area contributed by atoms with Crippen molar-refractivity contribution < 1.29 is 14.3 Å². The molecule has 1 amide bonds. The highest BCUT2D eigenvalue weighted by molar-refractivity contribution is 5.79. The molecule has 1 N–H and O–H groups in total. The summed E-state index contributed by atoms with van der Waals surface area (Å²) in [5, 5.41) is 4.53. The Morgan fingerprint density at radius 1 is 1.14 bits per heavy atom. The Morgan fingerprint density at radius 3 is 2.51 bits per heavy atom. The highest BCUT2D eigenvalue weighted by Crippen LogP contribution is 2.30. The predicted molar refractivity (Wildman–Crippen MR) is 143 cm³/mol. The first-order chi connectivity index (χ1) is 17.6. The van der Waals surface area contributed by atoms with Gasteiger partial charge < -0.3 is 19.4 Å². The zero-order valence-electron chi connectivity index (χ0n) is 22.8. The minimum atomic E-state index is -0.502. The van der Waals surface area contributed by atoms with Crippen LogP contribution in [0.4, 0.5) is 4.79 Å². The predicted octanol–water partition coefficient (Wildman–Crippen LogP) is 3.73. The van der Waals surface area contributed by atoms with Gasteiger partial charge in [0.1, 0.15) is 22.7 Å². The third kappa shape index (κ3) is 6.12. The Kier molecular flexibility index (Phi) is 7.87. The first-order valence-electron chi connectivity index (χ1n) is 13.0. The molecule has 2 aromatic heterocycles. The normalized spacial score (nSPS) is 14.8. The lowest BCUT2D eigenvalue weighted by Crippen LogP contribution is -2.49. The smallest absolute Gasteiger partial charge is 0.410 e. The number of ether oxygens (including phenoxy) is 2. The number of fused-ring (bicyclic) bond motifs is 1. The molecule has 0 unspecified atom stereocenters. The Balaban J connectivity index is 1.57. The van der Waals surface area contributed by atoms with Crippen LogP contribution in [0.1, 0.15) is 52.3 Å². The van der Waals surface area contributed by atoms with Crippen LogP contribution in [0.25, 0.3) is 22.4 Å². The van der Waals surface area contributed by atoms with Crippen LogP contribution in [0.2, 0.25) is 0 Å². The van der Waals surface area contributed by atoms with Crippen molar-refractivity contribution in [2.24, 2.45) is 7.05 Å². The minimum absolute atomic E-state index is 0.219. The van der Waals surface area contributed by atoms with Crippen molar-refractivity contribution in [1.82, 2.24) is 29.5 Å². The molecule has 1 fully saturated rings. The molecule has 3 heterocycles. The van der Waals surface area contributed by atoms with Crippen LogP contribution in [0.3, 0.4) is 0 Å². The van der Waals surface area contributed by atoms with Crippen molar-refractivity contribution in [3.05, 3.63) is 39.8 Å². The fourth-order valence-corrected chi connectivity index (χ4v) is 4.59. The molecule has 3 aromatic rings. The third-order valence-corrected chi connectivity index (χ3v) is 6.28. The van der Waals surface area contributed by atoms with Crippen LogP contribution in [0, 0.1) is 0 Å². The van der Waals surface area contributed by atoms with Crippen LogP contribution in [0.15, 0.2) is 23.0 Å². The molecule has 0 radical (unpaired) electrons. The summed E-state index contributed by atoms with van der Waals surface area (Å²) in [5.74, 6) is 1.15. The number of aromatic nitrogens is 4. The van der Waals surface area contributed by atoms with Gasteiger partial charge in [-0.1, -0.05) is 19.4 Å². The molecule has 200 valence electrons. The van der Waals surface area contributed by atoms with E-state index in [-0.39, 0.29) is 11.7 Å². The summed E-state index contributed by atoms with van der Waals surface area (Å²) in [4.78, 5) is 37.3. The Morgan fingerprint density at radius 2 is 1.86 bits per heavy atom. The topological polar surface area (TPSA) is 106 Å². The minimum Gasteiger partial charge on any atom is -0.493 e. The number of aromatic amines is 1. The second-order valence-corrected chi connectivity index (χ2v) is 10.4. The van der Waals surface area contributed by atoms with Gasteiger partial charge in [0.05, 0.1) is 17.9 Å². The van der Waals surface area contributed by atoms with Gasteiger partial charge in [0.2, 0.25) is 0 Å². The molecule has 1 aliphatic rings. The van der Waals surface area contributed by atoms with Crippen LogP contribution < -0.4 is 10.3 Å². The standard InChI is InChI=1S/C27H38N6O4/c1-7-9-20-22-23(31(6)30-20)25(34)29-24(28-22)19-16-18(10-11-21(19)36-8-2)17-32-12-14-33(15-13-32)26(35)37-27(3,4)5/h10-11,16H,7-9,12-15,17H2,1-6H3,(H,28,29,34). The second kappa shape index (κ2) is 10.9. The third-order valence-electron chi connectivity index (χ3n) is 6.28. The maximum absolute atomic E-state index is 13.0. The number of rotatable bonds is 7. The lowest BCUT2D eigenvalue weighted by Gasteiger charge is -2.35. The lowest BCUT2D eigenvalue weighted by atomic mass is 10.1. The maximum Gasteiger partial charge on any atom is 0.410 e. The highest BCUT2D eigenvalue weighted by atomic mass is 16.6. The summed E-state index contributed by atoms with van der Waals surface area (Å²) in [7, 11) is 1.77. The van der Waals surface area contributed by atoms with Gasteiger partial charge in [-0.25, -0.2) is 9.78 Å². The summed E-state index contributed by atoms with van der Waals surface area (Å²) < 4.78 is 13.0. The monoisotopic (exact) mass is 510 g/mol. The van der Waals surface area contributed by atoms with E-state index in [4.69, 9.17) is 14.5 Å². The quantitative estimate of drug-likeness (QED) is 0.516. The summed E-state index contributed by atoms with van der Waals surface area (Å²) in [6.45, 7) is 13.6. The number of benzene rings is 1. The van der Waals surface area contributed by atoms with Crippen molar-refractivity contribution in [3.63, 3.8) is 0 Å². The van der Waals surface area contributed by atoms with E-state index >= 15 is 0 Å². The number of aryl methyl sites for hydroxylation is 2. The van der Waals surface area contributed by atoms with Gasteiger partial charge in [-0.2, -0.15) is 5.10 Å². The van der Waals surface area contributed by atoms with Gasteiger partial charge in [-0.3, -0.25) is 14.4 Å². The van der Waals surface area contributed by atoms with E-state index in [1.54, 1.807) is 16.6 Å². The molecule has 1 aliphatic heterocycles. The molecule has 1 aromatic carbocycles. The van der Waals surface area contributed by atoms with Crippen molar-refractivity contribution in [2.45, 2.75) is 59.6 Å². The molecule has 37 heavy (non-hydrogen) atoms. The number of carbonyl (C=O) groups is 1. The Hall–Kier alpha value is -3.40. The number of nitrogens with zero attached hydrogens (tertiary/aromatic N) is 5. The molecule has 0 spiro atoms. The van der Waals surface area contributed by atoms with Crippen molar-refractivity contribution in [3.8, 4) is 17.1 Å². The van der Waals surface area contributed by atoms with E-state index in [1.165, 1.54) is 0 Å². The number of carbonyl (C=O) groups excluding carboxylic acids is 1. The average molecular weight is 511 g/mol. The van der Waals surface area contributed by atoms with E-state index in [2.05, 4.69) is 21.9 Å². The van der Waals surface area contributed by atoms with Crippen LogP contribution >= 0.6 is 0 Å². The van der Waals surface area contributed by atoms with E-state index < -0.39 is 5.60 Å². The van der Waals surface area contributed by atoms with E-state index in [0.29, 0.717) is 48.8 Å². The number of hydrogen-bond donors (Lipinski definition) is 1. The molecular formula is C27H38N6O4. The molecular weight excluding hydrogens is 472 g/mol. The van der Waals surface area contributed by atoms with Gasteiger partial charge in [0.15, 0.2) is 5.52 Å². The largest absolute Gasteiger partial charge is 0.493 e. The molecule has 10 heteroatoms. The van der Waals surface area contributed by atoms with Gasteiger partial charge in [-0.05, 0) is 51.8 Å². The Labute approximate surface area is 217 Å². The summed E-state index contributed by atoms with van der Waals surface area (Å²) in [6.07, 6.45) is 1.40. The fourth-order valence-electron chi connectivity index (χ4n) is 4.59. The summed E-state index contributed by atoms with van der Waals surface area (Å²) in [5.41, 5.74) is 3.04. The highest BCUT2D eigenvalue weighted by Gasteiger charge is 2.26.